The Kier molecular flexibility index (Phi) is 5.92. The molecule has 0 saturated heterocycles. The second kappa shape index (κ2) is 6.99. The third-order valence-electron chi connectivity index (χ3n) is 2.47. The fourth-order valence-electron chi connectivity index (χ4n) is 1.69. The van der Waals surface area contributed by atoms with Gasteiger partial charge in [0.25, 0.3) is 10.0 Å². The molecule has 0 radical (unpaired) electrons. The zero-order valence-corrected chi connectivity index (χ0v) is 12.4. The number of aliphatic hydroxyl groups excluding tert-OH is 1. The van der Waals surface area contributed by atoms with Gasteiger partial charge in [-0.1, -0.05) is 6.92 Å². The van der Waals surface area contributed by atoms with Crippen LogP contribution in [0, 0.1) is 0 Å². The summed E-state index contributed by atoms with van der Waals surface area (Å²) in [4.78, 5) is 1.79. The van der Waals surface area contributed by atoms with Gasteiger partial charge >= 0.3 is 0 Å². The number of aliphatic hydroxyl groups is 1. The minimum absolute atomic E-state index is 0.0161. The van der Waals surface area contributed by atoms with E-state index in [1.807, 2.05) is 21.0 Å². The average molecular weight is 290 g/mol. The molecule has 0 bridgehead atoms. The number of rotatable bonds is 8. The first-order valence-corrected chi connectivity index (χ1v) is 7.69. The van der Waals surface area contributed by atoms with E-state index >= 15 is 0 Å². The van der Waals surface area contributed by atoms with Crippen LogP contribution in [0.4, 0.5) is 0 Å². The van der Waals surface area contributed by atoms with E-state index in [9.17, 15) is 13.5 Å². The second-order valence-electron chi connectivity index (χ2n) is 4.66. The Balaban J connectivity index is 2.68. The van der Waals surface area contributed by atoms with Crippen molar-refractivity contribution in [1.82, 2.24) is 19.4 Å². The van der Waals surface area contributed by atoms with Gasteiger partial charge in [-0.15, -0.1) is 0 Å². The van der Waals surface area contributed by atoms with Crippen LogP contribution in [0.3, 0.4) is 0 Å². The SMILES string of the molecule is CCCn1nccc1S(=O)(=O)NC[C@@H](O)CN(C)C. The lowest BCUT2D eigenvalue weighted by Gasteiger charge is -2.16. The Morgan fingerprint density at radius 2 is 2.21 bits per heavy atom. The van der Waals surface area contributed by atoms with Crippen LogP contribution in [0.15, 0.2) is 17.3 Å². The zero-order chi connectivity index (χ0) is 14.5. The highest BCUT2D eigenvalue weighted by Gasteiger charge is 2.20. The number of hydrogen-bond donors (Lipinski definition) is 2. The standard InChI is InChI=1S/C11H22N4O3S/c1-4-7-15-11(5-6-12-15)19(17,18)13-8-10(16)9-14(2)3/h5-6,10,13,16H,4,7-9H2,1-3H3/t10-/m1/s1. The van der Waals surface area contributed by atoms with E-state index in [4.69, 9.17) is 0 Å². The van der Waals surface area contributed by atoms with Gasteiger partial charge in [-0.05, 0) is 26.6 Å². The molecule has 7 nitrogen and oxygen atoms in total. The first kappa shape index (κ1) is 16.1. The molecular formula is C11H22N4O3S. The van der Waals surface area contributed by atoms with Crippen molar-refractivity contribution < 1.29 is 13.5 Å². The molecule has 2 N–H and O–H groups in total. The van der Waals surface area contributed by atoms with Crippen molar-refractivity contribution >= 4 is 10.0 Å². The third-order valence-corrected chi connectivity index (χ3v) is 3.92. The van der Waals surface area contributed by atoms with Crippen LogP contribution in [-0.2, 0) is 16.6 Å². The van der Waals surface area contributed by atoms with Crippen molar-refractivity contribution in [2.24, 2.45) is 0 Å². The summed E-state index contributed by atoms with van der Waals surface area (Å²) >= 11 is 0. The van der Waals surface area contributed by atoms with Crippen molar-refractivity contribution in [3.8, 4) is 0 Å². The molecule has 8 heteroatoms. The molecular weight excluding hydrogens is 268 g/mol. The lowest BCUT2D eigenvalue weighted by molar-refractivity contribution is 0.140. The highest BCUT2D eigenvalue weighted by Crippen LogP contribution is 2.08. The number of hydrogen-bond acceptors (Lipinski definition) is 5. The number of nitrogens with zero attached hydrogens (tertiary/aromatic N) is 3. The predicted molar refractivity (Wildman–Crippen MR) is 72.3 cm³/mol. The van der Waals surface area contributed by atoms with Crippen molar-refractivity contribution in [3.05, 3.63) is 12.3 Å². The van der Waals surface area contributed by atoms with Gasteiger partial charge in [-0.2, -0.15) is 5.10 Å². The Morgan fingerprint density at radius 3 is 2.79 bits per heavy atom. The Labute approximate surface area is 114 Å². The van der Waals surface area contributed by atoms with Crippen molar-refractivity contribution in [2.45, 2.75) is 31.0 Å². The largest absolute Gasteiger partial charge is 0.390 e. The van der Waals surface area contributed by atoms with Crippen molar-refractivity contribution in [3.63, 3.8) is 0 Å². The molecule has 0 amide bonds. The summed E-state index contributed by atoms with van der Waals surface area (Å²) in [6.07, 6.45) is 1.51. The fraction of sp³-hybridized carbons (Fsp3) is 0.727. The normalized spacial score (nSPS) is 13.9. The first-order chi connectivity index (χ1) is 8.86. The molecule has 0 aliphatic carbocycles. The lowest BCUT2D eigenvalue weighted by atomic mass is 10.3. The number of aryl methyl sites for hydroxylation is 1. The maximum absolute atomic E-state index is 12.1. The second-order valence-corrected chi connectivity index (χ2v) is 6.37. The van der Waals surface area contributed by atoms with Gasteiger partial charge in [0.1, 0.15) is 0 Å². The fourth-order valence-corrected chi connectivity index (χ4v) is 2.91. The quantitative estimate of drug-likeness (QED) is 0.673. The molecule has 1 aromatic rings. The van der Waals surface area contributed by atoms with Crippen LogP contribution in [0.2, 0.25) is 0 Å². The minimum Gasteiger partial charge on any atom is -0.390 e. The third kappa shape index (κ3) is 4.90. The summed E-state index contributed by atoms with van der Waals surface area (Å²) < 4.78 is 28.0. The highest BCUT2D eigenvalue weighted by molar-refractivity contribution is 7.89. The molecule has 0 aliphatic rings. The summed E-state index contributed by atoms with van der Waals surface area (Å²) in [5.74, 6) is 0. The molecule has 1 rings (SSSR count). The van der Waals surface area contributed by atoms with Gasteiger partial charge in [0.2, 0.25) is 0 Å². The summed E-state index contributed by atoms with van der Waals surface area (Å²) in [6.45, 7) is 2.88. The van der Waals surface area contributed by atoms with E-state index in [0.717, 1.165) is 6.42 Å². The van der Waals surface area contributed by atoms with E-state index in [2.05, 4.69) is 9.82 Å². The number of likely N-dealkylation sites (N-methyl/N-ethyl adjacent to an activating group) is 1. The molecule has 1 aromatic heterocycles. The van der Waals surface area contributed by atoms with Crippen molar-refractivity contribution in [1.29, 1.82) is 0 Å². The summed E-state index contributed by atoms with van der Waals surface area (Å²) in [6, 6.07) is 1.45. The molecule has 0 fully saturated rings. The molecule has 0 aromatic carbocycles. The summed E-state index contributed by atoms with van der Waals surface area (Å²) in [5, 5.41) is 13.8. The Hall–Kier alpha value is -0.960. The van der Waals surface area contributed by atoms with E-state index < -0.39 is 16.1 Å². The van der Waals surface area contributed by atoms with Gasteiger partial charge in [0, 0.05) is 19.6 Å². The minimum atomic E-state index is -3.63. The van der Waals surface area contributed by atoms with Gasteiger partial charge in [0.15, 0.2) is 5.03 Å². The highest BCUT2D eigenvalue weighted by atomic mass is 32.2. The van der Waals surface area contributed by atoms with Crippen LogP contribution in [0.5, 0.6) is 0 Å². The molecule has 19 heavy (non-hydrogen) atoms. The van der Waals surface area contributed by atoms with Crippen molar-refractivity contribution in [2.75, 3.05) is 27.2 Å². The van der Waals surface area contributed by atoms with E-state index in [1.165, 1.54) is 16.9 Å². The maximum Gasteiger partial charge on any atom is 0.257 e. The van der Waals surface area contributed by atoms with Crippen LogP contribution in [-0.4, -0.2) is 61.5 Å². The predicted octanol–water partition coefficient (Wildman–Crippen LogP) is -0.506. The van der Waals surface area contributed by atoms with Gasteiger partial charge in [-0.3, -0.25) is 4.68 Å². The summed E-state index contributed by atoms with van der Waals surface area (Å²) in [5.41, 5.74) is 0. The number of aromatic nitrogens is 2. The number of sulfonamides is 1. The van der Waals surface area contributed by atoms with Gasteiger partial charge < -0.3 is 10.0 Å². The van der Waals surface area contributed by atoms with E-state index in [-0.39, 0.29) is 11.6 Å². The molecule has 0 unspecified atom stereocenters. The first-order valence-electron chi connectivity index (χ1n) is 6.21. The Morgan fingerprint density at radius 1 is 1.53 bits per heavy atom. The summed E-state index contributed by atoms with van der Waals surface area (Å²) in [7, 11) is -0.00164. The van der Waals surface area contributed by atoms with Crippen LogP contribution < -0.4 is 4.72 Å². The molecule has 1 atom stereocenters. The number of nitrogens with one attached hydrogen (secondary N) is 1. The van der Waals surface area contributed by atoms with E-state index in [0.29, 0.717) is 13.1 Å². The molecule has 0 aliphatic heterocycles. The maximum atomic E-state index is 12.1. The monoisotopic (exact) mass is 290 g/mol. The topological polar surface area (TPSA) is 87.5 Å². The average Bonchev–Trinajstić information content (AvgIpc) is 2.75. The molecule has 1 heterocycles. The smallest absolute Gasteiger partial charge is 0.257 e. The molecule has 110 valence electrons. The Bertz CT molecular complexity index is 484. The van der Waals surface area contributed by atoms with Crippen LogP contribution in [0.1, 0.15) is 13.3 Å². The van der Waals surface area contributed by atoms with Crippen LogP contribution >= 0.6 is 0 Å². The van der Waals surface area contributed by atoms with Crippen LogP contribution in [0.25, 0.3) is 0 Å². The molecule has 0 spiro atoms. The van der Waals surface area contributed by atoms with E-state index in [1.54, 1.807) is 4.90 Å². The molecule has 0 saturated carbocycles. The zero-order valence-electron chi connectivity index (χ0n) is 11.6. The van der Waals surface area contributed by atoms with Gasteiger partial charge in [-0.25, -0.2) is 13.1 Å². The lowest BCUT2D eigenvalue weighted by Crippen LogP contribution is -2.38. The van der Waals surface area contributed by atoms with Gasteiger partial charge in [0.05, 0.1) is 12.3 Å².